The number of ketones is 1. The summed E-state index contributed by atoms with van der Waals surface area (Å²) in [7, 11) is 0. The number of carbonyl (C=O) groups excluding carboxylic acids is 1. The van der Waals surface area contributed by atoms with Crippen LogP contribution in [-0.4, -0.2) is 49.9 Å². The molecule has 0 saturated carbocycles. The summed E-state index contributed by atoms with van der Waals surface area (Å²) in [5, 5.41) is 13.5. The van der Waals surface area contributed by atoms with Gasteiger partial charge >= 0.3 is 197 Å². The number of rotatable bonds is 9. The molecule has 4 nitrogen and oxygen atoms in total. The third-order valence-electron chi connectivity index (χ3n) is 8.60. The number of aliphatic hydroxyl groups is 1. The van der Waals surface area contributed by atoms with Crippen LogP contribution in [-0.2, 0) is 36.7 Å². The van der Waals surface area contributed by atoms with Crippen LogP contribution in [0, 0.1) is 23.3 Å². The molecule has 0 aliphatic rings. The summed E-state index contributed by atoms with van der Waals surface area (Å²) in [4.78, 5) is 21.7. The molecule has 0 amide bonds. The van der Waals surface area contributed by atoms with E-state index in [1.165, 1.54) is 42.1 Å². The van der Waals surface area contributed by atoms with E-state index in [2.05, 4.69) is 84.0 Å². The van der Waals surface area contributed by atoms with Crippen LogP contribution in [0.4, 0.5) is 0 Å². The van der Waals surface area contributed by atoms with Crippen molar-refractivity contribution in [3.8, 4) is 11.3 Å². The first-order valence-corrected chi connectivity index (χ1v) is 20.2. The van der Waals surface area contributed by atoms with Gasteiger partial charge in [-0.3, -0.25) is 4.79 Å². The van der Waals surface area contributed by atoms with Gasteiger partial charge in [-0.15, -0.1) is 0 Å². The van der Waals surface area contributed by atoms with Crippen LogP contribution in [0.1, 0.15) is 105 Å². The number of hydrogen-bond donors (Lipinski definition) is 1. The average molecular weight is 942 g/mol. The summed E-state index contributed by atoms with van der Waals surface area (Å²) in [6, 6.07) is 16.8. The molecule has 0 atom stereocenters. The molecule has 0 saturated heterocycles. The Morgan fingerprint density at radius 3 is 2.15 bits per heavy atom. The van der Waals surface area contributed by atoms with Crippen molar-refractivity contribution in [2.24, 2.45) is 17.3 Å². The topological polar surface area (TPSA) is 63.1 Å². The maximum Gasteiger partial charge on any atom is 0.162 e. The fraction of sp³-hybridized carbons (Fsp3) is 0.475. The molecule has 5 aromatic rings. The fourth-order valence-corrected chi connectivity index (χ4v) is 12.8. The maximum atomic E-state index is 11.7. The van der Waals surface area contributed by atoms with Gasteiger partial charge in [-0.25, -0.2) is 0 Å². The Hall–Kier alpha value is -1.84. The minimum atomic E-state index is 0. The number of aromatic nitrogens is 2. The second kappa shape index (κ2) is 16.7. The molecular weight excluding hydrogens is 891 g/mol. The van der Waals surface area contributed by atoms with Crippen molar-refractivity contribution in [1.29, 1.82) is 0 Å². The van der Waals surface area contributed by atoms with Crippen LogP contribution < -0.4 is 0 Å². The minimum Gasteiger partial charge on any atom is -0.512 e. The van der Waals surface area contributed by atoms with Gasteiger partial charge in [0.1, 0.15) is 0 Å². The van der Waals surface area contributed by atoms with E-state index in [9.17, 15) is 9.90 Å². The first kappa shape index (κ1) is 39.6. The van der Waals surface area contributed by atoms with Gasteiger partial charge in [0.25, 0.3) is 0 Å². The molecule has 3 heterocycles. The van der Waals surface area contributed by atoms with Crippen LogP contribution in [0.5, 0.6) is 0 Å². The van der Waals surface area contributed by atoms with Gasteiger partial charge in [-0.05, 0) is 25.7 Å². The predicted octanol–water partition coefficient (Wildman–Crippen LogP) is 10.3. The van der Waals surface area contributed by atoms with Crippen LogP contribution in [0.25, 0.3) is 40.3 Å². The molecule has 0 unspecified atom stereocenters. The summed E-state index contributed by atoms with van der Waals surface area (Å²) in [5.41, 5.74) is 5.19. The zero-order valence-electron chi connectivity index (χ0n) is 29.7. The Labute approximate surface area is 307 Å². The number of carbonyl (C=O) groups is 1. The van der Waals surface area contributed by atoms with Crippen molar-refractivity contribution < 1.29 is 30.0 Å². The van der Waals surface area contributed by atoms with Gasteiger partial charge in [0.15, 0.2) is 5.78 Å². The summed E-state index contributed by atoms with van der Waals surface area (Å²) < 4.78 is 4.38. The molecule has 1 N–H and O–H groups in total. The van der Waals surface area contributed by atoms with Crippen LogP contribution in [0.2, 0.25) is 0 Å². The second-order valence-corrected chi connectivity index (χ2v) is 20.2. The number of pyridine rings is 1. The van der Waals surface area contributed by atoms with E-state index < -0.39 is 0 Å². The van der Waals surface area contributed by atoms with Crippen LogP contribution >= 0.6 is 0 Å². The van der Waals surface area contributed by atoms with Crippen molar-refractivity contribution in [3.63, 3.8) is 0 Å². The zero-order valence-corrected chi connectivity index (χ0v) is 35.5. The normalized spacial score (nSPS) is 12.6. The monoisotopic (exact) mass is 944 g/mol. The van der Waals surface area contributed by atoms with Crippen molar-refractivity contribution in [1.82, 2.24) is 9.97 Å². The van der Waals surface area contributed by atoms with E-state index in [0.29, 0.717) is 34.4 Å². The summed E-state index contributed by atoms with van der Waals surface area (Å²) in [5.74, 6) is 0.547. The number of allylic oxidation sites excluding steroid dienone is 2. The predicted molar refractivity (Wildman–Crippen MR) is 198 cm³/mol. The van der Waals surface area contributed by atoms with E-state index >= 15 is 0 Å². The quantitative estimate of drug-likeness (QED) is 0.0692. The zero-order chi connectivity index (χ0) is 33.8. The number of hydrogen-bond acceptors (Lipinski definition) is 4. The largest absolute Gasteiger partial charge is 0.512 e. The van der Waals surface area contributed by atoms with Crippen molar-refractivity contribution in [2.45, 2.75) is 107 Å². The first-order valence-electron chi connectivity index (χ1n) is 16.8. The Kier molecular flexibility index (Phi) is 14.1. The maximum absolute atomic E-state index is 11.7. The SMILES string of the molecule is CC(C)(C)Cc1nc2c([se]1)[se]c1c(-c3[c-]c4ccccc4c(C(C)(C)C)c3)nccc12.CCC(CC)C(=O)/C=C(\O)C(CC)CC.[Ir]. The molecule has 0 fully saturated rings. The second-order valence-electron chi connectivity index (χ2n) is 14.5. The van der Waals surface area contributed by atoms with Gasteiger partial charge in [0, 0.05) is 38.0 Å². The van der Waals surface area contributed by atoms with E-state index in [-0.39, 0.29) is 48.9 Å². The van der Waals surface area contributed by atoms with Gasteiger partial charge in [-0.2, -0.15) is 0 Å². The van der Waals surface area contributed by atoms with Gasteiger partial charge in [0.05, 0.1) is 5.76 Å². The van der Waals surface area contributed by atoms with Crippen molar-refractivity contribution in [3.05, 3.63) is 70.6 Å². The molecule has 1 radical (unpaired) electrons. The summed E-state index contributed by atoms with van der Waals surface area (Å²) in [6.07, 6.45) is 7.96. The van der Waals surface area contributed by atoms with E-state index in [1.54, 1.807) is 3.13 Å². The Balaban J connectivity index is 0.000000322. The smallest absolute Gasteiger partial charge is 0.162 e. The van der Waals surface area contributed by atoms with Gasteiger partial charge in [-0.1, -0.05) is 27.7 Å². The third-order valence-corrected chi connectivity index (χ3v) is 14.3. The molecular formula is C40H51IrN2O2Se2-. The molecule has 47 heavy (non-hydrogen) atoms. The molecule has 0 aliphatic carbocycles. The van der Waals surface area contributed by atoms with E-state index in [0.717, 1.165) is 43.4 Å². The number of benzene rings is 2. The molecule has 2 aromatic carbocycles. The van der Waals surface area contributed by atoms with Crippen molar-refractivity contribution >= 4 is 63.9 Å². The number of aliphatic hydroxyl groups excluding tert-OH is 1. The molecule has 5 rings (SSSR count). The Morgan fingerprint density at radius 2 is 1.55 bits per heavy atom. The van der Waals surface area contributed by atoms with E-state index in [1.807, 2.05) is 33.9 Å². The number of nitrogens with zero attached hydrogens (tertiary/aromatic N) is 2. The first-order chi connectivity index (χ1) is 21.7. The van der Waals surface area contributed by atoms with Gasteiger partial charge in [0.2, 0.25) is 0 Å². The standard InChI is InChI=1S/C27H27N2Se2.C13H24O2.Ir/c1-26(2,3)15-21-29-23-19-11-12-28-22(24(19)31-25(23)30-21)17-13-16-9-7-8-10-18(16)20(14-17)27(4,5)6;1-5-10(6-2)12(14)9-13(15)11(7-3)8-4;/h7-12,14H,15H2,1-6H3;9-11,14H,5-8H2,1-4H3;/q-1;;/b;12-9-;. The van der Waals surface area contributed by atoms with E-state index in [4.69, 9.17) is 9.97 Å². The molecule has 0 spiro atoms. The van der Waals surface area contributed by atoms with Crippen LogP contribution in [0.15, 0.2) is 54.4 Å². The molecule has 0 bridgehead atoms. The summed E-state index contributed by atoms with van der Waals surface area (Å²) in [6.45, 7) is 21.8. The average Bonchev–Trinajstić information content (AvgIpc) is 3.53. The van der Waals surface area contributed by atoms with Crippen LogP contribution in [0.3, 0.4) is 0 Å². The minimum absolute atomic E-state index is 0. The number of fused-ring (bicyclic) bond motifs is 4. The van der Waals surface area contributed by atoms with Gasteiger partial charge < -0.3 is 5.11 Å². The third kappa shape index (κ3) is 9.66. The molecule has 3 aromatic heterocycles. The Bertz CT molecular complexity index is 1830. The summed E-state index contributed by atoms with van der Waals surface area (Å²) >= 11 is 0.696. The molecule has 7 heteroatoms. The molecule has 0 aliphatic heterocycles. The fourth-order valence-electron chi connectivity index (χ4n) is 5.90. The van der Waals surface area contributed by atoms with Crippen molar-refractivity contribution in [2.75, 3.05) is 0 Å². The Morgan fingerprint density at radius 1 is 0.915 bits per heavy atom. The molecule has 255 valence electrons.